The second kappa shape index (κ2) is 6.68. The fourth-order valence-corrected chi connectivity index (χ4v) is 3.72. The third kappa shape index (κ3) is 3.69. The van der Waals surface area contributed by atoms with Crippen LogP contribution >= 0.6 is 23.2 Å². The molecule has 1 N–H and O–H groups in total. The van der Waals surface area contributed by atoms with Crippen molar-refractivity contribution in [2.45, 2.75) is 56.9 Å². The fourth-order valence-electron chi connectivity index (χ4n) is 3.42. The van der Waals surface area contributed by atoms with Gasteiger partial charge in [0.1, 0.15) is 0 Å². The topological polar surface area (TPSA) is 12.0 Å². The van der Waals surface area contributed by atoms with Crippen molar-refractivity contribution in [2.24, 2.45) is 5.92 Å². The predicted molar refractivity (Wildman–Crippen MR) is 86.8 cm³/mol. The van der Waals surface area contributed by atoms with Crippen LogP contribution < -0.4 is 5.32 Å². The molecule has 1 aromatic rings. The first-order chi connectivity index (χ1) is 9.74. The van der Waals surface area contributed by atoms with Gasteiger partial charge in [0.25, 0.3) is 0 Å². The molecule has 0 aliphatic heterocycles. The number of benzene rings is 1. The van der Waals surface area contributed by atoms with Crippen molar-refractivity contribution in [3.8, 4) is 0 Å². The van der Waals surface area contributed by atoms with Crippen LogP contribution in [0.25, 0.3) is 0 Å². The third-order valence-corrected chi connectivity index (χ3v) is 5.52. The van der Waals surface area contributed by atoms with Crippen LogP contribution in [0.15, 0.2) is 18.2 Å². The van der Waals surface area contributed by atoms with E-state index in [0.29, 0.717) is 16.0 Å². The summed E-state index contributed by atoms with van der Waals surface area (Å²) in [6.07, 6.45) is 9.44. The van der Waals surface area contributed by atoms with Crippen molar-refractivity contribution in [2.75, 3.05) is 6.54 Å². The summed E-state index contributed by atoms with van der Waals surface area (Å²) in [5.74, 6) is 1.38. The Labute approximate surface area is 132 Å². The normalized spacial score (nSPS) is 27.3. The van der Waals surface area contributed by atoms with Crippen molar-refractivity contribution in [3.63, 3.8) is 0 Å². The number of hydrogen-bond acceptors (Lipinski definition) is 1. The van der Waals surface area contributed by atoms with E-state index in [-0.39, 0.29) is 0 Å². The van der Waals surface area contributed by atoms with Gasteiger partial charge in [0.05, 0.1) is 10.0 Å². The van der Waals surface area contributed by atoms with Gasteiger partial charge in [-0.2, -0.15) is 0 Å². The zero-order chi connectivity index (χ0) is 13.9. The highest BCUT2D eigenvalue weighted by molar-refractivity contribution is 6.42. The molecular weight excluding hydrogens is 289 g/mol. The predicted octanol–water partition coefficient (Wildman–Crippen LogP) is 5.41. The lowest BCUT2D eigenvalue weighted by molar-refractivity contribution is 0.374. The molecule has 0 spiro atoms. The van der Waals surface area contributed by atoms with Gasteiger partial charge in [-0.25, -0.2) is 0 Å². The van der Waals surface area contributed by atoms with E-state index < -0.39 is 0 Å². The SMILES string of the molecule is Clc1ccc(C2CCCCCC2CNC2CC2)cc1Cl. The molecule has 3 rings (SSSR count). The highest BCUT2D eigenvalue weighted by Gasteiger charge is 2.28. The molecule has 0 amide bonds. The van der Waals surface area contributed by atoms with Gasteiger partial charge in [-0.05, 0) is 61.8 Å². The van der Waals surface area contributed by atoms with Crippen LogP contribution in [0.4, 0.5) is 0 Å². The number of halogens is 2. The summed E-state index contributed by atoms with van der Waals surface area (Å²) < 4.78 is 0. The highest BCUT2D eigenvalue weighted by atomic mass is 35.5. The molecule has 1 nitrogen and oxygen atoms in total. The molecule has 110 valence electrons. The maximum atomic E-state index is 6.21. The molecule has 2 saturated carbocycles. The van der Waals surface area contributed by atoms with Gasteiger partial charge in [0, 0.05) is 6.04 Å². The van der Waals surface area contributed by atoms with E-state index >= 15 is 0 Å². The first-order valence-electron chi connectivity index (χ1n) is 7.92. The maximum Gasteiger partial charge on any atom is 0.0595 e. The Morgan fingerprint density at radius 1 is 0.950 bits per heavy atom. The van der Waals surface area contributed by atoms with Crippen molar-refractivity contribution in [1.29, 1.82) is 0 Å². The summed E-state index contributed by atoms with van der Waals surface area (Å²) in [4.78, 5) is 0. The summed E-state index contributed by atoms with van der Waals surface area (Å²) in [6.45, 7) is 1.16. The van der Waals surface area contributed by atoms with Gasteiger partial charge in [0.15, 0.2) is 0 Å². The summed E-state index contributed by atoms with van der Waals surface area (Å²) in [6, 6.07) is 7.01. The monoisotopic (exact) mass is 311 g/mol. The smallest absolute Gasteiger partial charge is 0.0595 e. The average molecular weight is 312 g/mol. The van der Waals surface area contributed by atoms with Crippen LogP contribution in [0.1, 0.15) is 56.4 Å². The van der Waals surface area contributed by atoms with E-state index in [2.05, 4.69) is 17.4 Å². The quantitative estimate of drug-likeness (QED) is 0.733. The number of hydrogen-bond donors (Lipinski definition) is 1. The molecule has 0 aromatic heterocycles. The fraction of sp³-hybridized carbons (Fsp3) is 0.647. The Kier molecular flexibility index (Phi) is 4.91. The summed E-state index contributed by atoms with van der Waals surface area (Å²) in [5, 5.41) is 5.08. The molecule has 3 heteroatoms. The van der Waals surface area contributed by atoms with Crippen LogP contribution in [0.3, 0.4) is 0 Å². The van der Waals surface area contributed by atoms with E-state index in [1.165, 1.54) is 50.5 Å². The third-order valence-electron chi connectivity index (χ3n) is 4.78. The van der Waals surface area contributed by atoms with Gasteiger partial charge >= 0.3 is 0 Å². The van der Waals surface area contributed by atoms with E-state index in [1.807, 2.05) is 6.07 Å². The van der Waals surface area contributed by atoms with E-state index in [0.717, 1.165) is 18.5 Å². The lowest BCUT2D eigenvalue weighted by atomic mass is 9.82. The van der Waals surface area contributed by atoms with Gasteiger partial charge in [-0.3, -0.25) is 0 Å². The minimum absolute atomic E-state index is 0.638. The van der Waals surface area contributed by atoms with E-state index in [4.69, 9.17) is 23.2 Å². The Morgan fingerprint density at radius 2 is 1.75 bits per heavy atom. The zero-order valence-corrected chi connectivity index (χ0v) is 13.4. The van der Waals surface area contributed by atoms with Gasteiger partial charge in [0.2, 0.25) is 0 Å². The summed E-state index contributed by atoms with van der Waals surface area (Å²) in [5.41, 5.74) is 1.38. The standard InChI is InChI=1S/C17H23Cl2N/c18-16-9-6-12(10-17(16)19)15-5-3-1-2-4-13(15)11-20-14-7-8-14/h6,9-10,13-15,20H,1-5,7-8,11H2. The molecule has 20 heavy (non-hydrogen) atoms. The molecule has 0 saturated heterocycles. The molecule has 2 fully saturated rings. The van der Waals surface area contributed by atoms with Crippen LogP contribution in [0, 0.1) is 5.92 Å². The second-order valence-electron chi connectivity index (χ2n) is 6.36. The Morgan fingerprint density at radius 3 is 2.50 bits per heavy atom. The zero-order valence-electron chi connectivity index (χ0n) is 11.9. The number of rotatable bonds is 4. The lowest BCUT2D eigenvalue weighted by Crippen LogP contribution is -2.28. The second-order valence-corrected chi connectivity index (χ2v) is 7.18. The first-order valence-corrected chi connectivity index (χ1v) is 8.68. The largest absolute Gasteiger partial charge is 0.314 e. The molecule has 2 aliphatic rings. The average Bonchev–Trinajstić information content (AvgIpc) is 3.25. The maximum absolute atomic E-state index is 6.21. The summed E-state index contributed by atoms with van der Waals surface area (Å²) in [7, 11) is 0. The minimum atomic E-state index is 0.638. The van der Waals surface area contributed by atoms with Crippen molar-refractivity contribution in [1.82, 2.24) is 5.32 Å². The van der Waals surface area contributed by atoms with E-state index in [9.17, 15) is 0 Å². The molecule has 2 unspecified atom stereocenters. The Hall–Kier alpha value is -0.240. The minimum Gasteiger partial charge on any atom is -0.314 e. The molecule has 2 aliphatic carbocycles. The van der Waals surface area contributed by atoms with Crippen LogP contribution in [0.2, 0.25) is 10.0 Å². The van der Waals surface area contributed by atoms with E-state index in [1.54, 1.807) is 0 Å². The lowest BCUT2D eigenvalue weighted by Gasteiger charge is -2.26. The Balaban J connectivity index is 1.75. The van der Waals surface area contributed by atoms with Crippen LogP contribution in [0.5, 0.6) is 0 Å². The molecular formula is C17H23Cl2N. The highest BCUT2D eigenvalue weighted by Crippen LogP contribution is 2.38. The summed E-state index contributed by atoms with van der Waals surface area (Å²) >= 11 is 12.3. The first kappa shape index (κ1) is 14.7. The van der Waals surface area contributed by atoms with Gasteiger partial charge in [-0.15, -0.1) is 0 Å². The molecule has 0 radical (unpaired) electrons. The van der Waals surface area contributed by atoms with Gasteiger partial charge in [-0.1, -0.05) is 48.5 Å². The van der Waals surface area contributed by atoms with Crippen LogP contribution in [-0.2, 0) is 0 Å². The molecule has 1 aromatic carbocycles. The Bertz CT molecular complexity index is 456. The van der Waals surface area contributed by atoms with Crippen molar-refractivity contribution in [3.05, 3.63) is 33.8 Å². The molecule has 0 heterocycles. The van der Waals surface area contributed by atoms with Crippen molar-refractivity contribution >= 4 is 23.2 Å². The van der Waals surface area contributed by atoms with Crippen molar-refractivity contribution < 1.29 is 0 Å². The van der Waals surface area contributed by atoms with Crippen LogP contribution in [-0.4, -0.2) is 12.6 Å². The molecule has 2 atom stereocenters. The number of nitrogens with one attached hydrogen (secondary N) is 1. The molecule has 0 bridgehead atoms. The van der Waals surface area contributed by atoms with Gasteiger partial charge < -0.3 is 5.32 Å².